The number of para-hydroxylation sites is 2. The normalized spacial score (nSPS) is 13.8. The first-order chi connectivity index (χ1) is 17.3. The van der Waals surface area contributed by atoms with Gasteiger partial charge < -0.3 is 9.47 Å². The Morgan fingerprint density at radius 2 is 1.39 bits per heavy atom. The second kappa shape index (κ2) is 10.5. The Kier molecular flexibility index (Phi) is 7.44. The maximum Gasteiger partial charge on any atom is 0.343 e. The predicted octanol–water partition coefficient (Wildman–Crippen LogP) is 5.90. The molecule has 3 aromatic rings. The molecule has 0 aliphatic carbocycles. The van der Waals surface area contributed by atoms with Crippen molar-refractivity contribution in [3.05, 3.63) is 86.5 Å². The van der Waals surface area contributed by atoms with Crippen molar-refractivity contribution < 1.29 is 23.9 Å². The Balaban J connectivity index is 1.91. The molecule has 0 radical (unpaired) electrons. The van der Waals surface area contributed by atoms with E-state index in [1.807, 2.05) is 45.0 Å². The molecule has 4 rings (SSSR count). The third-order valence-corrected chi connectivity index (χ3v) is 6.62. The van der Waals surface area contributed by atoms with Gasteiger partial charge in [0.2, 0.25) is 0 Å². The van der Waals surface area contributed by atoms with Gasteiger partial charge in [-0.15, -0.1) is 0 Å². The number of aryl methyl sites for hydroxylation is 2. The number of urea groups is 1. The number of benzene rings is 3. The van der Waals surface area contributed by atoms with E-state index < -0.39 is 17.8 Å². The molecule has 1 saturated heterocycles. The van der Waals surface area contributed by atoms with Crippen LogP contribution in [0.15, 0.2) is 66.2 Å². The van der Waals surface area contributed by atoms with Crippen LogP contribution in [0.2, 0.25) is 0 Å². The number of hydrogen-bond acceptors (Lipinski definition) is 5. The zero-order valence-corrected chi connectivity index (χ0v) is 22.5. The Bertz CT molecular complexity index is 1330. The number of ether oxygens (including phenoxy) is 2. The van der Waals surface area contributed by atoms with E-state index in [-0.39, 0.29) is 5.57 Å². The van der Waals surface area contributed by atoms with Gasteiger partial charge in [-0.05, 0) is 90.4 Å². The number of amides is 4. The molecule has 1 fully saturated rings. The summed E-state index contributed by atoms with van der Waals surface area (Å²) in [6, 6.07) is 16.9. The predicted molar refractivity (Wildman–Crippen MR) is 148 cm³/mol. The lowest BCUT2D eigenvalue weighted by Crippen LogP contribution is -2.57. The fraction of sp³-hybridized carbons (Fsp3) is 0.179. The van der Waals surface area contributed by atoms with Crippen molar-refractivity contribution in [3.8, 4) is 11.5 Å². The molecule has 0 unspecified atom stereocenters. The van der Waals surface area contributed by atoms with Crippen LogP contribution in [0.5, 0.6) is 11.5 Å². The zero-order valence-electron chi connectivity index (χ0n) is 20.4. The maximum absolute atomic E-state index is 13.7. The molecule has 8 heteroatoms. The van der Waals surface area contributed by atoms with Gasteiger partial charge in [0, 0.05) is 0 Å². The summed E-state index contributed by atoms with van der Waals surface area (Å²) in [6.07, 6.45) is 1.49. The Labute approximate surface area is 223 Å². The molecule has 0 saturated carbocycles. The van der Waals surface area contributed by atoms with E-state index in [4.69, 9.17) is 9.47 Å². The fourth-order valence-corrected chi connectivity index (χ4v) is 4.84. The Morgan fingerprint density at radius 3 is 1.86 bits per heavy atom. The molecule has 184 valence electrons. The Morgan fingerprint density at radius 1 is 0.861 bits per heavy atom. The van der Waals surface area contributed by atoms with Crippen molar-refractivity contribution in [3.63, 3.8) is 0 Å². The van der Waals surface area contributed by atoms with E-state index in [1.165, 1.54) is 13.2 Å². The zero-order chi connectivity index (χ0) is 26.0. The second-order valence-corrected chi connectivity index (χ2v) is 9.32. The van der Waals surface area contributed by atoms with Crippen LogP contribution in [0, 0.1) is 17.4 Å². The average molecular weight is 596 g/mol. The molecule has 0 N–H and O–H groups in total. The van der Waals surface area contributed by atoms with Gasteiger partial charge in [0.05, 0.1) is 28.7 Å². The van der Waals surface area contributed by atoms with Gasteiger partial charge in [0.1, 0.15) is 5.57 Å². The molecular weight excluding hydrogens is 571 g/mol. The van der Waals surface area contributed by atoms with E-state index in [0.29, 0.717) is 35.0 Å². The van der Waals surface area contributed by atoms with Crippen LogP contribution in [0.1, 0.15) is 23.6 Å². The van der Waals surface area contributed by atoms with Crippen molar-refractivity contribution in [2.75, 3.05) is 23.5 Å². The summed E-state index contributed by atoms with van der Waals surface area (Å²) in [6.45, 7) is 5.96. The first-order valence-electron chi connectivity index (χ1n) is 11.3. The van der Waals surface area contributed by atoms with Crippen LogP contribution in [0.4, 0.5) is 16.2 Å². The number of rotatable bonds is 6. The molecule has 0 spiro atoms. The number of barbiturate groups is 1. The highest BCUT2D eigenvalue weighted by Crippen LogP contribution is 2.36. The lowest BCUT2D eigenvalue weighted by Gasteiger charge is -2.35. The molecule has 1 aliphatic heterocycles. The van der Waals surface area contributed by atoms with Crippen LogP contribution in [-0.2, 0) is 9.59 Å². The van der Waals surface area contributed by atoms with Crippen LogP contribution >= 0.6 is 22.6 Å². The second-order valence-electron chi connectivity index (χ2n) is 8.16. The molecule has 4 amide bonds. The first-order valence-corrected chi connectivity index (χ1v) is 12.4. The standard InChI is InChI=1S/C28H25IN2O5/c1-5-36-25-21(29)15-19(16-24(25)35-4)14-20-26(32)30(22-12-8-6-10-17(22)2)28(34)31(27(20)33)23-13-9-7-11-18(23)3/h6-16H,5H2,1-4H3. The molecule has 36 heavy (non-hydrogen) atoms. The molecule has 3 aromatic carbocycles. The largest absolute Gasteiger partial charge is 0.493 e. The van der Waals surface area contributed by atoms with E-state index in [9.17, 15) is 14.4 Å². The van der Waals surface area contributed by atoms with Crippen molar-refractivity contribution >= 4 is 57.9 Å². The first kappa shape index (κ1) is 25.4. The minimum Gasteiger partial charge on any atom is -0.493 e. The van der Waals surface area contributed by atoms with Crippen molar-refractivity contribution in [1.29, 1.82) is 0 Å². The molecular formula is C28H25IN2O5. The monoisotopic (exact) mass is 596 g/mol. The molecule has 0 aromatic heterocycles. The van der Waals surface area contributed by atoms with Crippen molar-refractivity contribution in [2.24, 2.45) is 0 Å². The minimum absolute atomic E-state index is 0.136. The number of hydrogen-bond donors (Lipinski definition) is 0. The maximum atomic E-state index is 13.7. The molecule has 0 atom stereocenters. The van der Waals surface area contributed by atoms with Crippen molar-refractivity contribution in [2.45, 2.75) is 20.8 Å². The van der Waals surface area contributed by atoms with Crippen LogP contribution < -0.4 is 19.3 Å². The van der Waals surface area contributed by atoms with Gasteiger partial charge in [0.15, 0.2) is 11.5 Å². The third-order valence-electron chi connectivity index (χ3n) is 5.81. The molecule has 0 bridgehead atoms. The molecule has 7 nitrogen and oxygen atoms in total. The average Bonchev–Trinajstić information content (AvgIpc) is 2.85. The van der Waals surface area contributed by atoms with Gasteiger partial charge in [-0.2, -0.15) is 0 Å². The van der Waals surface area contributed by atoms with Gasteiger partial charge in [0.25, 0.3) is 11.8 Å². The number of methoxy groups -OCH3 is 1. The van der Waals surface area contributed by atoms with E-state index >= 15 is 0 Å². The number of anilines is 2. The number of nitrogens with zero attached hydrogens (tertiary/aromatic N) is 2. The molecule has 1 aliphatic rings. The summed E-state index contributed by atoms with van der Waals surface area (Å²) in [5, 5.41) is 0. The van der Waals surface area contributed by atoms with Crippen LogP contribution in [0.3, 0.4) is 0 Å². The van der Waals surface area contributed by atoms with Crippen LogP contribution in [-0.4, -0.2) is 31.6 Å². The fourth-order valence-electron chi connectivity index (χ4n) is 4.06. The number of carbonyl (C=O) groups is 3. The summed E-state index contributed by atoms with van der Waals surface area (Å²) < 4.78 is 11.9. The lowest BCUT2D eigenvalue weighted by molar-refractivity contribution is -0.121. The smallest absolute Gasteiger partial charge is 0.343 e. The SMILES string of the molecule is CCOc1c(I)cc(C=C2C(=O)N(c3ccccc3C)C(=O)N(c3ccccc3C)C2=O)cc1OC. The summed E-state index contributed by atoms with van der Waals surface area (Å²) >= 11 is 2.12. The number of imide groups is 2. The summed E-state index contributed by atoms with van der Waals surface area (Å²) in [5.74, 6) is -0.310. The van der Waals surface area contributed by atoms with E-state index in [2.05, 4.69) is 22.6 Å². The van der Waals surface area contributed by atoms with Gasteiger partial charge in [-0.25, -0.2) is 14.6 Å². The van der Waals surface area contributed by atoms with Gasteiger partial charge in [-0.3, -0.25) is 9.59 Å². The van der Waals surface area contributed by atoms with Crippen molar-refractivity contribution in [1.82, 2.24) is 0 Å². The van der Waals surface area contributed by atoms with E-state index in [0.717, 1.165) is 24.5 Å². The molecule has 1 heterocycles. The van der Waals surface area contributed by atoms with E-state index in [1.54, 1.807) is 36.4 Å². The Hall–Kier alpha value is -3.66. The topological polar surface area (TPSA) is 76.2 Å². The quantitative estimate of drug-likeness (QED) is 0.201. The van der Waals surface area contributed by atoms with Gasteiger partial charge in [-0.1, -0.05) is 36.4 Å². The van der Waals surface area contributed by atoms with Crippen LogP contribution in [0.25, 0.3) is 6.08 Å². The summed E-state index contributed by atoms with van der Waals surface area (Å²) in [5.41, 5.74) is 2.74. The summed E-state index contributed by atoms with van der Waals surface area (Å²) in [7, 11) is 1.53. The highest BCUT2D eigenvalue weighted by molar-refractivity contribution is 14.1. The minimum atomic E-state index is -0.718. The summed E-state index contributed by atoms with van der Waals surface area (Å²) in [4.78, 5) is 43.2. The van der Waals surface area contributed by atoms with Gasteiger partial charge >= 0.3 is 6.03 Å². The third kappa shape index (κ3) is 4.60. The highest BCUT2D eigenvalue weighted by Gasteiger charge is 2.44. The lowest BCUT2D eigenvalue weighted by atomic mass is 10.0. The number of carbonyl (C=O) groups excluding carboxylic acids is 3. The highest BCUT2D eigenvalue weighted by atomic mass is 127. The number of halogens is 1.